The zero-order chi connectivity index (χ0) is 17.5. The minimum Gasteiger partial charge on any atom is -0.326 e. The fraction of sp³-hybridized carbons (Fsp3) is 0.0500. The van der Waals surface area contributed by atoms with Crippen LogP contribution >= 0.6 is 11.6 Å². The first-order valence-electron chi connectivity index (χ1n) is 7.80. The van der Waals surface area contributed by atoms with E-state index in [0.717, 1.165) is 22.6 Å². The van der Waals surface area contributed by atoms with Crippen molar-refractivity contribution in [1.82, 2.24) is 0 Å². The van der Waals surface area contributed by atoms with Gasteiger partial charge in [0.25, 0.3) is 0 Å². The van der Waals surface area contributed by atoms with Gasteiger partial charge in [-0.1, -0.05) is 41.9 Å². The van der Waals surface area contributed by atoms with Crippen LogP contribution in [0.2, 0.25) is 5.02 Å². The van der Waals surface area contributed by atoms with E-state index in [9.17, 15) is 4.79 Å². The number of nitrogens with one attached hydrogen (secondary N) is 1. The molecule has 5 heteroatoms. The van der Waals surface area contributed by atoms with Crippen molar-refractivity contribution >= 4 is 34.6 Å². The Morgan fingerprint density at radius 3 is 2.04 bits per heavy atom. The highest BCUT2D eigenvalue weighted by Crippen LogP contribution is 2.20. The van der Waals surface area contributed by atoms with Crippen LogP contribution in [-0.4, -0.2) is 5.91 Å². The topological polar surface area (TPSA) is 53.8 Å². The third kappa shape index (κ3) is 5.26. The molecule has 4 nitrogen and oxygen atoms in total. The summed E-state index contributed by atoms with van der Waals surface area (Å²) in [6, 6.07) is 24.0. The molecule has 0 radical (unpaired) electrons. The first-order chi connectivity index (χ1) is 12.2. The second-order valence-corrected chi connectivity index (χ2v) is 5.87. The molecule has 0 unspecified atom stereocenters. The Labute approximate surface area is 151 Å². The van der Waals surface area contributed by atoms with Crippen LogP contribution in [0, 0.1) is 0 Å². The van der Waals surface area contributed by atoms with Crippen molar-refractivity contribution in [3.63, 3.8) is 0 Å². The Morgan fingerprint density at radius 1 is 0.800 bits per heavy atom. The molecule has 0 fully saturated rings. The van der Waals surface area contributed by atoms with E-state index in [1.807, 2.05) is 54.6 Å². The molecule has 3 rings (SSSR count). The van der Waals surface area contributed by atoms with Crippen LogP contribution in [0.25, 0.3) is 0 Å². The molecule has 0 aliphatic rings. The van der Waals surface area contributed by atoms with Gasteiger partial charge in [0.1, 0.15) is 0 Å². The first-order valence-corrected chi connectivity index (χ1v) is 8.18. The fourth-order valence-electron chi connectivity index (χ4n) is 2.21. The number of rotatable bonds is 5. The number of carbonyl (C=O) groups excluding carboxylic acids is 1. The summed E-state index contributed by atoms with van der Waals surface area (Å²) >= 11 is 5.84. The highest BCUT2D eigenvalue weighted by atomic mass is 35.5. The molecular weight excluding hydrogens is 334 g/mol. The average molecular weight is 350 g/mol. The molecule has 0 spiro atoms. The predicted molar refractivity (Wildman–Crippen MR) is 101 cm³/mol. The maximum Gasteiger partial charge on any atom is 0.228 e. The summed E-state index contributed by atoms with van der Waals surface area (Å²) in [6.07, 6.45) is 0.298. The molecule has 0 saturated carbocycles. The van der Waals surface area contributed by atoms with E-state index in [4.69, 9.17) is 11.6 Å². The van der Waals surface area contributed by atoms with Gasteiger partial charge < -0.3 is 5.32 Å². The van der Waals surface area contributed by atoms with Crippen LogP contribution in [0.4, 0.5) is 17.1 Å². The Bertz CT molecular complexity index is 860. The van der Waals surface area contributed by atoms with Gasteiger partial charge in [0.15, 0.2) is 0 Å². The first kappa shape index (κ1) is 16.9. The van der Waals surface area contributed by atoms with E-state index in [0.29, 0.717) is 11.4 Å². The molecular formula is C20H16ClN3O. The molecule has 1 amide bonds. The highest BCUT2D eigenvalue weighted by Gasteiger charge is 2.04. The fourth-order valence-corrected chi connectivity index (χ4v) is 2.34. The summed E-state index contributed by atoms with van der Waals surface area (Å²) in [6.45, 7) is 0. The molecule has 1 N–H and O–H groups in total. The Balaban J connectivity index is 1.57. The molecule has 0 aliphatic heterocycles. The van der Waals surface area contributed by atoms with Crippen molar-refractivity contribution in [3.8, 4) is 0 Å². The number of benzene rings is 3. The zero-order valence-electron chi connectivity index (χ0n) is 13.4. The quantitative estimate of drug-likeness (QED) is 0.569. The third-order valence-electron chi connectivity index (χ3n) is 3.47. The molecule has 0 aliphatic carbocycles. The largest absolute Gasteiger partial charge is 0.326 e. The Kier molecular flexibility index (Phi) is 5.54. The maximum atomic E-state index is 12.1. The molecule has 3 aromatic carbocycles. The number of amides is 1. The van der Waals surface area contributed by atoms with Gasteiger partial charge >= 0.3 is 0 Å². The zero-order valence-corrected chi connectivity index (χ0v) is 14.1. The van der Waals surface area contributed by atoms with Gasteiger partial charge in [-0.2, -0.15) is 10.2 Å². The predicted octanol–water partition coefficient (Wildman–Crippen LogP) is 5.94. The van der Waals surface area contributed by atoms with Gasteiger partial charge in [0, 0.05) is 10.7 Å². The van der Waals surface area contributed by atoms with Crippen LogP contribution in [0.3, 0.4) is 0 Å². The van der Waals surface area contributed by atoms with E-state index in [-0.39, 0.29) is 5.91 Å². The van der Waals surface area contributed by atoms with Gasteiger partial charge in [-0.25, -0.2) is 0 Å². The SMILES string of the molecule is O=C(Cc1ccc(Cl)cc1)Nc1ccc(N=Nc2ccccc2)cc1. The lowest BCUT2D eigenvalue weighted by atomic mass is 10.1. The van der Waals surface area contributed by atoms with Gasteiger partial charge in [-0.3, -0.25) is 4.79 Å². The second kappa shape index (κ2) is 8.22. The number of hydrogen-bond donors (Lipinski definition) is 1. The lowest BCUT2D eigenvalue weighted by Gasteiger charge is -2.05. The van der Waals surface area contributed by atoms with Crippen LogP contribution in [0.1, 0.15) is 5.56 Å². The number of halogens is 1. The number of carbonyl (C=O) groups is 1. The van der Waals surface area contributed by atoms with E-state index < -0.39 is 0 Å². The molecule has 3 aromatic rings. The van der Waals surface area contributed by atoms with Gasteiger partial charge in [-0.15, -0.1) is 0 Å². The minimum atomic E-state index is -0.0824. The van der Waals surface area contributed by atoms with Crippen molar-refractivity contribution < 1.29 is 4.79 Å². The van der Waals surface area contributed by atoms with Crippen molar-refractivity contribution in [3.05, 3.63) is 89.4 Å². The molecule has 0 atom stereocenters. The van der Waals surface area contributed by atoms with E-state index >= 15 is 0 Å². The lowest BCUT2D eigenvalue weighted by Crippen LogP contribution is -2.14. The standard InChI is InChI=1S/C20H16ClN3O/c21-16-8-6-15(7-9-16)14-20(25)22-17-10-12-19(13-11-17)24-23-18-4-2-1-3-5-18/h1-13H,14H2,(H,22,25). The minimum absolute atomic E-state index is 0.0824. The van der Waals surface area contributed by atoms with Crippen LogP contribution in [-0.2, 0) is 11.2 Å². The number of nitrogens with zero attached hydrogens (tertiary/aromatic N) is 2. The number of anilines is 1. The molecule has 0 aromatic heterocycles. The number of azo groups is 1. The van der Waals surface area contributed by atoms with E-state index in [2.05, 4.69) is 15.5 Å². The Hall–Kier alpha value is -2.98. The molecule has 0 heterocycles. The van der Waals surface area contributed by atoms with Crippen LogP contribution in [0.5, 0.6) is 0 Å². The summed E-state index contributed by atoms with van der Waals surface area (Å²) in [5, 5.41) is 11.8. The van der Waals surface area contributed by atoms with Crippen molar-refractivity contribution in [1.29, 1.82) is 0 Å². The number of hydrogen-bond acceptors (Lipinski definition) is 3. The smallest absolute Gasteiger partial charge is 0.228 e. The molecule has 0 saturated heterocycles. The molecule has 124 valence electrons. The van der Waals surface area contributed by atoms with Crippen LogP contribution in [0.15, 0.2) is 89.1 Å². The normalized spacial score (nSPS) is 10.8. The second-order valence-electron chi connectivity index (χ2n) is 5.43. The average Bonchev–Trinajstić information content (AvgIpc) is 2.64. The summed E-state index contributed by atoms with van der Waals surface area (Å²) in [4.78, 5) is 12.1. The summed E-state index contributed by atoms with van der Waals surface area (Å²) in [7, 11) is 0. The van der Waals surface area contributed by atoms with Crippen molar-refractivity contribution in [2.24, 2.45) is 10.2 Å². The van der Waals surface area contributed by atoms with Gasteiger partial charge in [0.05, 0.1) is 17.8 Å². The van der Waals surface area contributed by atoms with E-state index in [1.54, 1.807) is 24.3 Å². The monoisotopic (exact) mass is 349 g/mol. The van der Waals surface area contributed by atoms with Gasteiger partial charge in [0.2, 0.25) is 5.91 Å². The molecule has 0 bridgehead atoms. The highest BCUT2D eigenvalue weighted by molar-refractivity contribution is 6.30. The lowest BCUT2D eigenvalue weighted by molar-refractivity contribution is -0.115. The van der Waals surface area contributed by atoms with E-state index in [1.165, 1.54) is 0 Å². The van der Waals surface area contributed by atoms with Crippen molar-refractivity contribution in [2.45, 2.75) is 6.42 Å². The summed E-state index contributed by atoms with van der Waals surface area (Å²) in [5.41, 5.74) is 3.15. The summed E-state index contributed by atoms with van der Waals surface area (Å²) in [5.74, 6) is -0.0824. The van der Waals surface area contributed by atoms with Crippen molar-refractivity contribution in [2.75, 3.05) is 5.32 Å². The maximum absolute atomic E-state index is 12.1. The molecule has 25 heavy (non-hydrogen) atoms. The summed E-state index contributed by atoms with van der Waals surface area (Å²) < 4.78 is 0. The Morgan fingerprint density at radius 2 is 1.40 bits per heavy atom. The van der Waals surface area contributed by atoms with Gasteiger partial charge in [-0.05, 0) is 54.1 Å². The third-order valence-corrected chi connectivity index (χ3v) is 3.72. The van der Waals surface area contributed by atoms with Crippen LogP contribution < -0.4 is 5.32 Å².